The second kappa shape index (κ2) is 4.18. The minimum atomic E-state index is -0.266. The highest BCUT2D eigenvalue weighted by Gasteiger charge is 2.09. The molecule has 1 heterocycles. The van der Waals surface area contributed by atoms with E-state index in [-0.39, 0.29) is 23.9 Å². The number of anilines is 2. The third kappa shape index (κ3) is 2.28. The molecule has 1 unspecified atom stereocenters. The molecule has 0 aliphatic rings. The predicted molar refractivity (Wildman–Crippen MR) is 57.1 cm³/mol. The van der Waals surface area contributed by atoms with Gasteiger partial charge in [-0.05, 0) is 24.6 Å². The van der Waals surface area contributed by atoms with Crippen molar-refractivity contribution >= 4 is 12.0 Å². The number of halogens is 1. The lowest BCUT2D eigenvalue weighted by Gasteiger charge is -2.11. The van der Waals surface area contributed by atoms with Crippen LogP contribution in [0.5, 0.6) is 0 Å². The first kappa shape index (κ1) is 10.4. The van der Waals surface area contributed by atoms with Crippen LogP contribution >= 0.6 is 0 Å². The summed E-state index contributed by atoms with van der Waals surface area (Å²) < 4.78 is 17.7. The van der Waals surface area contributed by atoms with Crippen molar-refractivity contribution in [3.63, 3.8) is 0 Å². The van der Waals surface area contributed by atoms with E-state index in [9.17, 15) is 4.39 Å². The average molecular weight is 222 g/mol. The maximum Gasteiger partial charge on any atom is 0.317 e. The lowest BCUT2D eigenvalue weighted by Crippen LogP contribution is -2.06. The van der Waals surface area contributed by atoms with E-state index in [1.54, 1.807) is 12.1 Å². The number of nitrogens with zero attached hydrogens (tertiary/aromatic N) is 2. The molecule has 0 aliphatic heterocycles. The Bertz CT molecular complexity index is 468. The van der Waals surface area contributed by atoms with Crippen LogP contribution in [-0.4, -0.2) is 10.2 Å². The Morgan fingerprint density at radius 3 is 2.56 bits per heavy atom. The van der Waals surface area contributed by atoms with Gasteiger partial charge in [-0.15, -0.1) is 0 Å². The maximum atomic E-state index is 12.7. The molecule has 2 aromatic rings. The molecule has 84 valence electrons. The number of nitrogens with two attached hydrogens (primary N) is 1. The van der Waals surface area contributed by atoms with Crippen LogP contribution < -0.4 is 11.1 Å². The Hall–Kier alpha value is -2.11. The number of hydrogen-bond acceptors (Lipinski definition) is 5. The number of aromatic nitrogens is 2. The molecule has 0 amide bonds. The number of nitrogen functional groups attached to an aromatic ring is 1. The number of benzene rings is 1. The minimum absolute atomic E-state index is 0.00815. The zero-order chi connectivity index (χ0) is 11.5. The first-order valence-corrected chi connectivity index (χ1v) is 4.76. The van der Waals surface area contributed by atoms with E-state index < -0.39 is 0 Å². The van der Waals surface area contributed by atoms with Gasteiger partial charge in [0.05, 0.1) is 6.04 Å². The molecule has 2 rings (SSSR count). The first-order valence-electron chi connectivity index (χ1n) is 4.76. The van der Waals surface area contributed by atoms with Crippen LogP contribution in [0, 0.1) is 5.82 Å². The van der Waals surface area contributed by atoms with Gasteiger partial charge in [0.25, 0.3) is 0 Å². The summed E-state index contributed by atoms with van der Waals surface area (Å²) in [7, 11) is 0. The molecule has 0 saturated heterocycles. The molecule has 1 aromatic heterocycles. The van der Waals surface area contributed by atoms with Gasteiger partial charge in [-0.3, -0.25) is 0 Å². The molecule has 16 heavy (non-hydrogen) atoms. The summed E-state index contributed by atoms with van der Waals surface area (Å²) in [4.78, 5) is 0. The predicted octanol–water partition coefficient (Wildman–Crippen LogP) is 1.96. The number of rotatable bonds is 3. The van der Waals surface area contributed by atoms with Gasteiger partial charge >= 0.3 is 12.0 Å². The molecule has 6 heteroatoms. The van der Waals surface area contributed by atoms with Gasteiger partial charge in [-0.2, -0.15) is 0 Å². The highest BCUT2D eigenvalue weighted by Crippen LogP contribution is 2.18. The van der Waals surface area contributed by atoms with Crippen molar-refractivity contribution < 1.29 is 8.81 Å². The van der Waals surface area contributed by atoms with Crippen molar-refractivity contribution in [2.75, 3.05) is 11.1 Å². The lowest BCUT2D eigenvalue weighted by molar-refractivity contribution is 0.578. The smallest absolute Gasteiger partial charge is 0.317 e. The zero-order valence-electron chi connectivity index (χ0n) is 8.64. The van der Waals surface area contributed by atoms with Crippen LogP contribution in [0.15, 0.2) is 28.7 Å². The van der Waals surface area contributed by atoms with E-state index in [2.05, 4.69) is 15.5 Å². The Kier molecular flexibility index (Phi) is 2.72. The van der Waals surface area contributed by atoms with Crippen molar-refractivity contribution in [3.05, 3.63) is 35.6 Å². The molecule has 1 aromatic carbocycles. The van der Waals surface area contributed by atoms with Gasteiger partial charge in [-0.1, -0.05) is 22.3 Å². The molecule has 0 fully saturated rings. The van der Waals surface area contributed by atoms with Crippen molar-refractivity contribution in [2.45, 2.75) is 13.0 Å². The second-order valence-electron chi connectivity index (χ2n) is 3.36. The van der Waals surface area contributed by atoms with Gasteiger partial charge < -0.3 is 15.5 Å². The van der Waals surface area contributed by atoms with Crippen LogP contribution in [-0.2, 0) is 0 Å². The normalized spacial score (nSPS) is 12.4. The van der Waals surface area contributed by atoms with Crippen LogP contribution in [0.2, 0.25) is 0 Å². The quantitative estimate of drug-likeness (QED) is 0.830. The third-order valence-corrected chi connectivity index (χ3v) is 2.15. The molecular formula is C10H11FN4O. The largest absolute Gasteiger partial charge is 0.390 e. The van der Waals surface area contributed by atoms with Crippen molar-refractivity contribution in [3.8, 4) is 0 Å². The van der Waals surface area contributed by atoms with Crippen molar-refractivity contribution in [1.29, 1.82) is 0 Å². The van der Waals surface area contributed by atoms with Crippen LogP contribution in [0.25, 0.3) is 0 Å². The van der Waals surface area contributed by atoms with Crippen LogP contribution in [0.4, 0.5) is 16.4 Å². The van der Waals surface area contributed by atoms with E-state index >= 15 is 0 Å². The molecule has 0 radical (unpaired) electrons. The molecular weight excluding hydrogens is 211 g/mol. The SMILES string of the molecule is CC(Nc1nnc(N)o1)c1ccc(F)cc1. The maximum absolute atomic E-state index is 12.7. The Labute approximate surface area is 91.5 Å². The fourth-order valence-corrected chi connectivity index (χ4v) is 1.31. The van der Waals surface area contributed by atoms with Crippen molar-refractivity contribution in [1.82, 2.24) is 10.2 Å². The molecule has 0 aliphatic carbocycles. The third-order valence-electron chi connectivity index (χ3n) is 2.15. The summed E-state index contributed by atoms with van der Waals surface area (Å²) in [6, 6.07) is 6.36. The standard InChI is InChI=1S/C10H11FN4O/c1-6(7-2-4-8(11)5-3-7)13-10-15-14-9(12)16-10/h2-6H,1H3,(H2,12,14)(H,13,15). The fraction of sp³-hybridized carbons (Fsp3) is 0.200. The zero-order valence-corrected chi connectivity index (χ0v) is 8.64. The molecule has 0 saturated carbocycles. The van der Waals surface area contributed by atoms with E-state index in [4.69, 9.17) is 10.2 Å². The number of nitrogens with one attached hydrogen (secondary N) is 1. The highest BCUT2D eigenvalue weighted by molar-refractivity contribution is 5.30. The van der Waals surface area contributed by atoms with Gasteiger partial charge in [0.1, 0.15) is 5.82 Å². The summed E-state index contributed by atoms with van der Waals surface area (Å²) in [5.41, 5.74) is 6.20. The highest BCUT2D eigenvalue weighted by atomic mass is 19.1. The Morgan fingerprint density at radius 2 is 2.00 bits per heavy atom. The van der Waals surface area contributed by atoms with E-state index in [1.165, 1.54) is 12.1 Å². The summed E-state index contributed by atoms with van der Waals surface area (Å²) in [6.07, 6.45) is 0. The summed E-state index contributed by atoms with van der Waals surface area (Å²) in [6.45, 7) is 1.90. The van der Waals surface area contributed by atoms with Gasteiger partial charge in [0.2, 0.25) is 0 Å². The van der Waals surface area contributed by atoms with Gasteiger partial charge in [-0.25, -0.2) is 4.39 Å². The molecule has 5 nitrogen and oxygen atoms in total. The Morgan fingerprint density at radius 1 is 1.31 bits per heavy atom. The van der Waals surface area contributed by atoms with E-state index in [1.807, 2.05) is 6.92 Å². The van der Waals surface area contributed by atoms with Gasteiger partial charge in [0.15, 0.2) is 0 Å². The van der Waals surface area contributed by atoms with Crippen LogP contribution in [0.3, 0.4) is 0 Å². The van der Waals surface area contributed by atoms with Crippen molar-refractivity contribution in [2.24, 2.45) is 0 Å². The second-order valence-corrected chi connectivity index (χ2v) is 3.36. The molecule has 0 bridgehead atoms. The Balaban J connectivity index is 2.08. The first-order chi connectivity index (χ1) is 7.65. The summed E-state index contributed by atoms with van der Waals surface area (Å²) in [5.74, 6) is -0.266. The lowest BCUT2D eigenvalue weighted by atomic mass is 10.1. The van der Waals surface area contributed by atoms with E-state index in [0.29, 0.717) is 0 Å². The molecule has 3 N–H and O–H groups in total. The molecule has 0 spiro atoms. The fourth-order valence-electron chi connectivity index (χ4n) is 1.31. The summed E-state index contributed by atoms with van der Waals surface area (Å²) in [5, 5.41) is 10.1. The topological polar surface area (TPSA) is 77.0 Å². The average Bonchev–Trinajstić information content (AvgIpc) is 2.65. The monoisotopic (exact) mass is 222 g/mol. The van der Waals surface area contributed by atoms with E-state index in [0.717, 1.165) is 5.56 Å². The van der Waals surface area contributed by atoms with Gasteiger partial charge in [0, 0.05) is 0 Å². The summed E-state index contributed by atoms with van der Waals surface area (Å²) >= 11 is 0. The molecule has 1 atom stereocenters. The van der Waals surface area contributed by atoms with Crippen LogP contribution in [0.1, 0.15) is 18.5 Å². The minimum Gasteiger partial charge on any atom is -0.390 e. The number of hydrogen-bond donors (Lipinski definition) is 2.